The number of fused-ring (bicyclic) bond motifs is 1. The minimum Gasteiger partial charge on any atom is -0.507 e. The van der Waals surface area contributed by atoms with Gasteiger partial charge in [-0.25, -0.2) is 4.89 Å². The van der Waals surface area contributed by atoms with Crippen LogP contribution in [0.4, 0.5) is 0 Å². The molecule has 1 aromatic carbocycles. The fourth-order valence-corrected chi connectivity index (χ4v) is 3.65. The van der Waals surface area contributed by atoms with Gasteiger partial charge in [0.05, 0.1) is 0 Å². The highest BCUT2D eigenvalue weighted by molar-refractivity contribution is 6.01. The maximum Gasteiger partial charge on any atom is 0.167 e. The topological polar surface area (TPSA) is 96.2 Å². The van der Waals surface area contributed by atoms with Gasteiger partial charge < -0.3 is 14.9 Å². The number of carbonyl (C=O) groups is 1. The fourth-order valence-electron chi connectivity index (χ4n) is 3.65. The summed E-state index contributed by atoms with van der Waals surface area (Å²) in [6.45, 7) is 11.0. The molecule has 0 unspecified atom stereocenters. The molecule has 1 heterocycles. The molecule has 0 saturated carbocycles. The maximum atomic E-state index is 12.4. The molecule has 0 amide bonds. The Morgan fingerprint density at radius 1 is 1.14 bits per heavy atom. The number of phenolic OH excluding ortho intramolecular Hbond substituents is 2. The van der Waals surface area contributed by atoms with E-state index in [1.54, 1.807) is 6.92 Å². The van der Waals surface area contributed by atoms with Crippen LogP contribution in [-0.4, -0.2) is 33.0 Å². The molecular formula is C23H32O6. The molecule has 6 nitrogen and oxygen atoms in total. The quantitative estimate of drug-likeness (QED) is 0.253. The Morgan fingerprint density at radius 2 is 1.76 bits per heavy atom. The number of hydrogen-bond acceptors (Lipinski definition) is 6. The third-order valence-corrected chi connectivity index (χ3v) is 5.39. The summed E-state index contributed by atoms with van der Waals surface area (Å²) >= 11 is 0. The maximum absolute atomic E-state index is 12.4. The van der Waals surface area contributed by atoms with Crippen LogP contribution in [0.25, 0.3) is 0 Å². The number of ketones is 1. The van der Waals surface area contributed by atoms with E-state index in [4.69, 9.17) is 9.62 Å². The largest absolute Gasteiger partial charge is 0.507 e. The summed E-state index contributed by atoms with van der Waals surface area (Å²) < 4.78 is 6.17. The monoisotopic (exact) mass is 404 g/mol. The summed E-state index contributed by atoms with van der Waals surface area (Å²) in [7, 11) is 0. The first kappa shape index (κ1) is 23.0. The number of rotatable bonds is 7. The molecule has 0 radical (unpaired) electrons. The molecule has 160 valence electrons. The molecular weight excluding hydrogens is 372 g/mol. The van der Waals surface area contributed by atoms with Gasteiger partial charge in [-0.05, 0) is 60.8 Å². The van der Waals surface area contributed by atoms with Crippen LogP contribution in [0.15, 0.2) is 23.3 Å². The minimum absolute atomic E-state index is 0.0554. The molecule has 1 aliphatic rings. The number of carbonyl (C=O) groups excluding carboxylic acids is 1. The second kappa shape index (κ2) is 9.01. The smallest absolute Gasteiger partial charge is 0.167 e. The van der Waals surface area contributed by atoms with E-state index >= 15 is 0 Å². The van der Waals surface area contributed by atoms with Gasteiger partial charge in [0.1, 0.15) is 34.5 Å². The van der Waals surface area contributed by atoms with E-state index < -0.39 is 11.7 Å². The Kier molecular flexibility index (Phi) is 7.14. The summed E-state index contributed by atoms with van der Waals surface area (Å²) in [5, 5.41) is 31.1. The fraction of sp³-hybridized carbons (Fsp3) is 0.522. The van der Waals surface area contributed by atoms with Crippen LogP contribution in [0.1, 0.15) is 75.9 Å². The molecule has 0 bridgehead atoms. The molecule has 0 spiro atoms. The molecule has 1 aromatic rings. The van der Waals surface area contributed by atoms with Crippen molar-refractivity contribution >= 4 is 5.78 Å². The van der Waals surface area contributed by atoms with Crippen molar-refractivity contribution in [2.24, 2.45) is 0 Å². The Hall–Kier alpha value is -2.31. The summed E-state index contributed by atoms with van der Waals surface area (Å²) in [5.74, 6) is -0.580. The van der Waals surface area contributed by atoms with Crippen molar-refractivity contribution in [3.63, 3.8) is 0 Å². The minimum atomic E-state index is -0.932. The van der Waals surface area contributed by atoms with Crippen LogP contribution in [0.3, 0.4) is 0 Å². The van der Waals surface area contributed by atoms with Gasteiger partial charge in [0.25, 0.3) is 0 Å². The lowest BCUT2D eigenvalue weighted by Gasteiger charge is -2.41. The van der Waals surface area contributed by atoms with Crippen LogP contribution in [0.5, 0.6) is 17.2 Å². The van der Waals surface area contributed by atoms with Crippen molar-refractivity contribution in [1.29, 1.82) is 0 Å². The lowest BCUT2D eigenvalue weighted by molar-refractivity contribution is -0.312. The molecule has 0 fully saturated rings. The average Bonchev–Trinajstić information content (AvgIpc) is 2.60. The molecule has 0 aromatic heterocycles. The highest BCUT2D eigenvalue weighted by Gasteiger charge is 2.45. The normalized spacial score (nSPS) is 20.4. The van der Waals surface area contributed by atoms with Crippen LogP contribution in [-0.2, 0) is 17.7 Å². The average molecular weight is 405 g/mol. The molecule has 29 heavy (non-hydrogen) atoms. The Bertz CT molecular complexity index is 844. The molecule has 0 saturated heterocycles. The molecule has 1 aliphatic heterocycles. The van der Waals surface area contributed by atoms with Gasteiger partial charge in [-0.3, -0.25) is 10.1 Å². The summed E-state index contributed by atoms with van der Waals surface area (Å²) in [5.41, 5.74) is 1.94. The highest BCUT2D eigenvalue weighted by atomic mass is 17.1. The SMILES string of the molecule is CC(=O)c1c(O)c(CC=C(C)C)c(O)c2c1O[C@](C)(CCC=C(C)C)[C@H](OO)C2. The van der Waals surface area contributed by atoms with Crippen LogP contribution in [0.2, 0.25) is 0 Å². The van der Waals surface area contributed by atoms with Crippen LogP contribution < -0.4 is 4.74 Å². The lowest BCUT2D eigenvalue weighted by Crippen LogP contribution is -2.50. The number of Topliss-reactive ketones (excluding diaryl/α,β-unsaturated/α-hetero) is 1. The zero-order valence-corrected chi connectivity index (χ0v) is 18.1. The van der Waals surface area contributed by atoms with Crippen molar-refractivity contribution in [3.05, 3.63) is 40.0 Å². The molecule has 2 atom stereocenters. The second-order valence-electron chi connectivity index (χ2n) is 8.43. The van der Waals surface area contributed by atoms with Crippen molar-refractivity contribution in [1.82, 2.24) is 0 Å². The van der Waals surface area contributed by atoms with E-state index in [0.717, 1.165) is 11.1 Å². The first-order valence-corrected chi connectivity index (χ1v) is 9.88. The van der Waals surface area contributed by atoms with Gasteiger partial charge in [0, 0.05) is 17.5 Å². The highest BCUT2D eigenvalue weighted by Crippen LogP contribution is 2.49. The third kappa shape index (κ3) is 4.82. The van der Waals surface area contributed by atoms with Gasteiger partial charge >= 0.3 is 0 Å². The Morgan fingerprint density at radius 3 is 2.28 bits per heavy atom. The number of hydrogen-bond donors (Lipinski definition) is 3. The van der Waals surface area contributed by atoms with Crippen molar-refractivity contribution in [2.45, 2.75) is 78.9 Å². The van der Waals surface area contributed by atoms with E-state index in [9.17, 15) is 20.3 Å². The molecule has 6 heteroatoms. The lowest BCUT2D eigenvalue weighted by atomic mass is 9.83. The number of phenols is 2. The van der Waals surface area contributed by atoms with Crippen LogP contribution >= 0.6 is 0 Å². The number of aromatic hydroxyl groups is 2. The van der Waals surface area contributed by atoms with Gasteiger partial charge in [-0.15, -0.1) is 0 Å². The van der Waals surface area contributed by atoms with E-state index in [1.807, 2.05) is 33.8 Å². The Labute approximate surface area is 172 Å². The van der Waals surface area contributed by atoms with E-state index in [1.165, 1.54) is 6.92 Å². The van der Waals surface area contributed by atoms with E-state index in [-0.39, 0.29) is 47.0 Å². The number of allylic oxidation sites excluding steroid dienone is 4. The van der Waals surface area contributed by atoms with Gasteiger partial charge in [-0.1, -0.05) is 23.3 Å². The predicted molar refractivity (Wildman–Crippen MR) is 112 cm³/mol. The predicted octanol–water partition coefficient (Wildman–Crippen LogP) is 5.11. The molecule has 2 rings (SSSR count). The number of benzene rings is 1. The Balaban J connectivity index is 2.61. The third-order valence-electron chi connectivity index (χ3n) is 5.39. The molecule has 0 aliphatic carbocycles. The number of ether oxygens (including phenoxy) is 1. The molecule has 3 N–H and O–H groups in total. The van der Waals surface area contributed by atoms with E-state index in [0.29, 0.717) is 18.4 Å². The summed E-state index contributed by atoms with van der Waals surface area (Å²) in [4.78, 5) is 17.1. The van der Waals surface area contributed by atoms with Crippen molar-refractivity contribution < 1.29 is 29.9 Å². The van der Waals surface area contributed by atoms with Gasteiger partial charge in [-0.2, -0.15) is 0 Å². The van der Waals surface area contributed by atoms with Gasteiger partial charge in [0.2, 0.25) is 0 Å². The van der Waals surface area contributed by atoms with Crippen molar-refractivity contribution in [3.8, 4) is 17.2 Å². The van der Waals surface area contributed by atoms with Crippen molar-refractivity contribution in [2.75, 3.05) is 0 Å². The first-order chi connectivity index (χ1) is 13.5. The van der Waals surface area contributed by atoms with Crippen LogP contribution in [0, 0.1) is 0 Å². The summed E-state index contributed by atoms with van der Waals surface area (Å²) in [6.07, 6.45) is 4.84. The van der Waals surface area contributed by atoms with Gasteiger partial charge in [0.15, 0.2) is 5.78 Å². The second-order valence-corrected chi connectivity index (χ2v) is 8.43. The standard InChI is InChI=1S/C23H32O6/c1-13(2)8-7-11-23(6)18(29-27)12-17-20(25)16(10-9-14(3)4)21(26)19(15(5)24)22(17)28-23/h8-9,18,25-27H,7,10-12H2,1-6H3/t18-,23-/m1/s1. The summed E-state index contributed by atoms with van der Waals surface area (Å²) in [6, 6.07) is 0. The zero-order chi connectivity index (χ0) is 21.9. The first-order valence-electron chi connectivity index (χ1n) is 9.88. The van der Waals surface area contributed by atoms with E-state index in [2.05, 4.69) is 6.08 Å². The zero-order valence-electron chi connectivity index (χ0n) is 18.1.